The molecule has 0 radical (unpaired) electrons. The summed E-state index contributed by atoms with van der Waals surface area (Å²) < 4.78 is 12.3. The number of carbonyl (C=O) groups excluding carboxylic acids is 1. The van der Waals surface area contributed by atoms with Gasteiger partial charge >= 0.3 is 6.09 Å². The Labute approximate surface area is 216 Å². The maximum atomic E-state index is 11.8. The van der Waals surface area contributed by atoms with Gasteiger partial charge in [0.1, 0.15) is 30.0 Å². The van der Waals surface area contributed by atoms with Crippen molar-refractivity contribution < 1.29 is 19.4 Å². The van der Waals surface area contributed by atoms with Crippen LogP contribution in [0.25, 0.3) is 22.8 Å². The number of aryl methyl sites for hydroxylation is 2. The molecule has 12 nitrogen and oxygen atoms in total. The number of hydrogen-bond donors (Lipinski definition) is 3. The molecular weight excluding hydrogens is 476 g/mol. The fourth-order valence-corrected chi connectivity index (χ4v) is 4.34. The van der Waals surface area contributed by atoms with Gasteiger partial charge in [0.05, 0.1) is 18.5 Å². The molecule has 37 heavy (non-hydrogen) atoms. The number of aromatic nitrogens is 5. The van der Waals surface area contributed by atoms with Gasteiger partial charge in [0.2, 0.25) is 0 Å². The Bertz CT molecular complexity index is 1190. The number of methoxy groups -OCH3 is 1. The molecule has 0 aliphatic carbocycles. The summed E-state index contributed by atoms with van der Waals surface area (Å²) in [7, 11) is 5.01. The predicted molar refractivity (Wildman–Crippen MR) is 138 cm³/mol. The smallest absolute Gasteiger partial charge is 0.409 e. The van der Waals surface area contributed by atoms with Crippen LogP contribution in [0.5, 0.6) is 5.75 Å². The van der Waals surface area contributed by atoms with E-state index in [9.17, 15) is 9.90 Å². The molecule has 2 aromatic heterocycles. The van der Waals surface area contributed by atoms with Gasteiger partial charge in [0.25, 0.3) is 0 Å². The average molecular weight is 511 g/mol. The Balaban J connectivity index is 1.60. The van der Waals surface area contributed by atoms with Crippen LogP contribution in [-0.4, -0.2) is 93.6 Å². The average Bonchev–Trinajstić information content (AvgIpc) is 3.25. The van der Waals surface area contributed by atoms with Crippen molar-refractivity contribution in [3.05, 3.63) is 36.0 Å². The van der Waals surface area contributed by atoms with Crippen LogP contribution in [0.1, 0.15) is 18.5 Å². The molecule has 1 aromatic carbocycles. The third kappa shape index (κ3) is 6.52. The van der Waals surface area contributed by atoms with Crippen LogP contribution in [0.15, 0.2) is 30.3 Å². The minimum absolute atomic E-state index is 0.144. The summed E-state index contributed by atoms with van der Waals surface area (Å²) in [6.45, 7) is 3.72. The fourth-order valence-electron chi connectivity index (χ4n) is 4.34. The number of piperidine rings is 1. The van der Waals surface area contributed by atoms with Gasteiger partial charge < -0.3 is 30.1 Å². The number of aliphatic hydroxyl groups is 1. The van der Waals surface area contributed by atoms with Crippen LogP contribution in [-0.2, 0) is 11.8 Å². The SMILES string of the molecule is CNCC(O)COc1cccc(-c2nc(NC3CCN(C(=O)OC)CC3)cc(-c3c(C)nnn3C)n2)c1. The van der Waals surface area contributed by atoms with Gasteiger partial charge in [-0.15, -0.1) is 5.10 Å². The van der Waals surface area contributed by atoms with Crippen LogP contribution in [0.2, 0.25) is 0 Å². The van der Waals surface area contributed by atoms with Crippen molar-refractivity contribution in [2.24, 2.45) is 7.05 Å². The lowest BCUT2D eigenvalue weighted by molar-refractivity contribution is 0.108. The predicted octanol–water partition coefficient (Wildman–Crippen LogP) is 1.85. The third-order valence-corrected chi connectivity index (χ3v) is 6.22. The summed E-state index contributed by atoms with van der Waals surface area (Å²) in [5.41, 5.74) is 3.04. The normalized spacial score (nSPS) is 14.9. The summed E-state index contributed by atoms with van der Waals surface area (Å²) in [6.07, 6.45) is 0.627. The van der Waals surface area contributed by atoms with E-state index in [1.807, 2.05) is 44.3 Å². The summed E-state index contributed by atoms with van der Waals surface area (Å²) in [4.78, 5) is 23.2. The number of ether oxygens (including phenoxy) is 2. The second-order valence-electron chi connectivity index (χ2n) is 9.04. The summed E-state index contributed by atoms with van der Waals surface area (Å²) in [5.74, 6) is 1.81. The molecule has 3 N–H and O–H groups in total. The lowest BCUT2D eigenvalue weighted by atomic mass is 10.1. The van der Waals surface area contributed by atoms with Crippen molar-refractivity contribution in [3.8, 4) is 28.5 Å². The van der Waals surface area contributed by atoms with E-state index in [1.54, 1.807) is 16.6 Å². The number of anilines is 1. The van der Waals surface area contributed by atoms with E-state index in [4.69, 9.17) is 19.4 Å². The molecule has 1 amide bonds. The number of rotatable bonds is 9. The first-order chi connectivity index (χ1) is 17.9. The number of benzene rings is 1. The highest BCUT2D eigenvalue weighted by Gasteiger charge is 2.24. The Morgan fingerprint density at radius 2 is 2.03 bits per heavy atom. The Hall–Kier alpha value is -3.77. The van der Waals surface area contributed by atoms with Gasteiger partial charge in [-0.05, 0) is 38.9 Å². The Morgan fingerprint density at radius 1 is 1.24 bits per heavy atom. The highest BCUT2D eigenvalue weighted by molar-refractivity contribution is 5.68. The molecule has 1 unspecified atom stereocenters. The molecule has 0 bridgehead atoms. The van der Waals surface area contributed by atoms with E-state index < -0.39 is 6.10 Å². The number of nitrogens with zero attached hydrogens (tertiary/aromatic N) is 6. The van der Waals surface area contributed by atoms with E-state index in [1.165, 1.54) is 7.11 Å². The van der Waals surface area contributed by atoms with E-state index in [2.05, 4.69) is 20.9 Å². The molecule has 3 heterocycles. The molecule has 12 heteroatoms. The maximum Gasteiger partial charge on any atom is 0.409 e. The lowest BCUT2D eigenvalue weighted by Gasteiger charge is -2.31. The Morgan fingerprint density at radius 3 is 2.70 bits per heavy atom. The van der Waals surface area contributed by atoms with E-state index in [0.717, 1.165) is 29.8 Å². The molecule has 1 fully saturated rings. The van der Waals surface area contributed by atoms with Crippen LogP contribution in [0.4, 0.5) is 10.6 Å². The van der Waals surface area contributed by atoms with Gasteiger partial charge in [-0.1, -0.05) is 17.3 Å². The van der Waals surface area contributed by atoms with Gasteiger partial charge in [-0.25, -0.2) is 19.4 Å². The van der Waals surface area contributed by atoms with Crippen LogP contribution in [0.3, 0.4) is 0 Å². The minimum Gasteiger partial charge on any atom is -0.491 e. The zero-order chi connectivity index (χ0) is 26.4. The first-order valence-electron chi connectivity index (χ1n) is 12.3. The van der Waals surface area contributed by atoms with Crippen molar-refractivity contribution in [3.63, 3.8) is 0 Å². The van der Waals surface area contributed by atoms with Crippen molar-refractivity contribution in [1.29, 1.82) is 0 Å². The molecule has 1 aliphatic heterocycles. The highest BCUT2D eigenvalue weighted by atomic mass is 16.5. The largest absolute Gasteiger partial charge is 0.491 e. The number of hydrogen-bond acceptors (Lipinski definition) is 10. The monoisotopic (exact) mass is 510 g/mol. The van der Waals surface area contributed by atoms with Gasteiger partial charge in [-0.3, -0.25) is 0 Å². The maximum absolute atomic E-state index is 11.8. The van der Waals surface area contributed by atoms with Crippen molar-refractivity contribution in [2.75, 3.05) is 45.7 Å². The second-order valence-corrected chi connectivity index (χ2v) is 9.04. The third-order valence-electron chi connectivity index (χ3n) is 6.22. The summed E-state index contributed by atoms with van der Waals surface area (Å²) >= 11 is 0. The highest BCUT2D eigenvalue weighted by Crippen LogP contribution is 2.28. The number of likely N-dealkylation sites (N-methyl/N-ethyl adjacent to an activating group) is 1. The number of likely N-dealkylation sites (tertiary alicyclic amines) is 1. The number of aliphatic hydroxyl groups excluding tert-OH is 1. The van der Waals surface area contributed by atoms with Crippen LogP contribution in [0, 0.1) is 6.92 Å². The lowest BCUT2D eigenvalue weighted by Crippen LogP contribution is -2.42. The molecule has 4 rings (SSSR count). The zero-order valence-electron chi connectivity index (χ0n) is 21.6. The molecule has 1 atom stereocenters. The van der Waals surface area contributed by atoms with E-state index in [0.29, 0.717) is 42.7 Å². The number of amides is 1. The van der Waals surface area contributed by atoms with Gasteiger partial charge in [0.15, 0.2) is 5.82 Å². The van der Waals surface area contributed by atoms with Crippen LogP contribution >= 0.6 is 0 Å². The first-order valence-corrected chi connectivity index (χ1v) is 12.3. The molecule has 0 spiro atoms. The second kappa shape index (κ2) is 12.0. The van der Waals surface area contributed by atoms with Gasteiger partial charge in [-0.2, -0.15) is 0 Å². The van der Waals surface area contributed by atoms with Crippen molar-refractivity contribution >= 4 is 11.9 Å². The number of nitrogens with one attached hydrogen (secondary N) is 2. The molecule has 1 aliphatic rings. The molecule has 3 aromatic rings. The first kappa shape index (κ1) is 26.3. The topological polar surface area (TPSA) is 140 Å². The Kier molecular flexibility index (Phi) is 8.51. The van der Waals surface area contributed by atoms with E-state index in [-0.39, 0.29) is 18.7 Å². The van der Waals surface area contributed by atoms with Crippen molar-refractivity contribution in [2.45, 2.75) is 31.9 Å². The van der Waals surface area contributed by atoms with E-state index >= 15 is 0 Å². The molecule has 0 saturated carbocycles. The van der Waals surface area contributed by atoms with Crippen molar-refractivity contribution in [1.82, 2.24) is 35.2 Å². The standard InChI is InChI=1S/C25H34N8O4/c1-16-23(32(3)31-30-16)21-13-22(27-18-8-10-33(11-9-18)25(35)36-4)29-24(28-21)17-6-5-7-20(12-17)37-15-19(34)14-26-2/h5-7,12-13,18-19,26,34H,8-11,14-15H2,1-4H3,(H,27,28,29). The van der Waals surface area contributed by atoms with Crippen LogP contribution < -0.4 is 15.4 Å². The summed E-state index contributed by atoms with van der Waals surface area (Å²) in [5, 5.41) is 24.7. The molecular formula is C25H34N8O4. The zero-order valence-corrected chi connectivity index (χ0v) is 21.6. The quantitative estimate of drug-likeness (QED) is 0.391. The summed E-state index contributed by atoms with van der Waals surface area (Å²) in [6, 6.07) is 9.53. The minimum atomic E-state index is -0.616. The number of carbonyl (C=O) groups is 1. The van der Waals surface area contributed by atoms with Gasteiger partial charge in [0, 0.05) is 44.4 Å². The molecule has 198 valence electrons. The molecule has 1 saturated heterocycles. The fraction of sp³-hybridized carbons (Fsp3) is 0.480.